The molecule has 2 rings (SSSR count). The molecule has 1 N–H and O–H groups in total. The molecule has 1 aliphatic carbocycles. The van der Waals surface area contributed by atoms with E-state index in [9.17, 15) is 9.59 Å². The maximum absolute atomic E-state index is 11.8. The molecule has 0 radical (unpaired) electrons. The minimum atomic E-state index is -0.851. The van der Waals surface area contributed by atoms with Crippen molar-refractivity contribution in [2.75, 3.05) is 20.2 Å². The maximum atomic E-state index is 11.8. The third-order valence-electron chi connectivity index (χ3n) is 3.21. The minimum Gasteiger partial charge on any atom is -0.481 e. The van der Waals surface area contributed by atoms with Gasteiger partial charge in [0.25, 0.3) is 0 Å². The number of carboxylic acids is 1. The number of likely N-dealkylation sites (tertiary alicyclic amines) is 1. The molecule has 1 unspecified atom stereocenters. The molecular weight excluding hydrogens is 198 g/mol. The smallest absolute Gasteiger partial charge is 0.307 e. The number of amides is 1. The zero-order valence-corrected chi connectivity index (χ0v) is 8.68. The number of hydrogen-bond acceptors (Lipinski definition) is 3. The van der Waals surface area contributed by atoms with Gasteiger partial charge in [-0.15, -0.1) is 0 Å². The van der Waals surface area contributed by atoms with Gasteiger partial charge >= 0.3 is 5.97 Å². The van der Waals surface area contributed by atoms with Crippen LogP contribution in [0.2, 0.25) is 0 Å². The summed E-state index contributed by atoms with van der Waals surface area (Å²) in [6.45, 7) is 1.30. The Labute approximate surface area is 88.0 Å². The lowest BCUT2D eigenvalue weighted by Crippen LogP contribution is -2.32. The molecule has 5 nitrogen and oxygen atoms in total. The maximum Gasteiger partial charge on any atom is 0.307 e. The van der Waals surface area contributed by atoms with E-state index in [0.29, 0.717) is 19.5 Å². The number of carbonyl (C=O) groups is 2. The molecule has 0 aromatic heterocycles. The lowest BCUT2D eigenvalue weighted by atomic mass is 10.3. The number of carboxylic acid groups (broad SMARTS) is 1. The zero-order chi connectivity index (χ0) is 11.0. The van der Waals surface area contributed by atoms with E-state index in [1.54, 1.807) is 12.0 Å². The van der Waals surface area contributed by atoms with Crippen LogP contribution in [0.25, 0.3) is 0 Å². The van der Waals surface area contributed by atoms with Gasteiger partial charge in [0.1, 0.15) is 0 Å². The molecular formula is C10H15NO4. The van der Waals surface area contributed by atoms with Crippen LogP contribution in [0.4, 0.5) is 0 Å². The van der Waals surface area contributed by atoms with Gasteiger partial charge in [-0.05, 0) is 12.8 Å². The lowest BCUT2D eigenvalue weighted by Gasteiger charge is -2.15. The van der Waals surface area contributed by atoms with Crippen LogP contribution in [0.5, 0.6) is 0 Å². The second-order valence-electron chi connectivity index (χ2n) is 4.22. The Hall–Kier alpha value is -1.10. The molecule has 3 atom stereocenters. The second-order valence-corrected chi connectivity index (χ2v) is 4.22. The van der Waals surface area contributed by atoms with Crippen LogP contribution in [0.1, 0.15) is 12.8 Å². The van der Waals surface area contributed by atoms with E-state index >= 15 is 0 Å². The predicted octanol–water partition coefficient (Wildman–Crippen LogP) is -0.0456. The van der Waals surface area contributed by atoms with Crippen molar-refractivity contribution in [2.24, 2.45) is 11.8 Å². The van der Waals surface area contributed by atoms with Gasteiger partial charge in [0, 0.05) is 20.2 Å². The van der Waals surface area contributed by atoms with Gasteiger partial charge in [-0.3, -0.25) is 9.59 Å². The molecule has 0 spiro atoms. The number of carbonyl (C=O) groups excluding carboxylic acids is 1. The van der Waals surface area contributed by atoms with Gasteiger partial charge in [0.05, 0.1) is 17.9 Å². The predicted molar refractivity (Wildman–Crippen MR) is 51.2 cm³/mol. The van der Waals surface area contributed by atoms with Gasteiger partial charge in [-0.25, -0.2) is 0 Å². The summed E-state index contributed by atoms with van der Waals surface area (Å²) in [6, 6.07) is 0. The molecule has 1 saturated heterocycles. The van der Waals surface area contributed by atoms with E-state index in [4.69, 9.17) is 9.84 Å². The fraction of sp³-hybridized carbons (Fsp3) is 0.800. The number of ether oxygens (including phenoxy) is 1. The summed E-state index contributed by atoms with van der Waals surface area (Å²) in [5.74, 6) is -1.59. The first-order valence-electron chi connectivity index (χ1n) is 5.18. The van der Waals surface area contributed by atoms with E-state index in [2.05, 4.69) is 0 Å². The van der Waals surface area contributed by atoms with Gasteiger partial charge in [0.15, 0.2) is 0 Å². The third-order valence-corrected chi connectivity index (χ3v) is 3.21. The summed E-state index contributed by atoms with van der Waals surface area (Å²) in [6.07, 6.45) is 1.48. The Morgan fingerprint density at radius 3 is 2.60 bits per heavy atom. The number of nitrogens with zero attached hydrogens (tertiary/aromatic N) is 1. The third kappa shape index (κ3) is 1.97. The number of hydrogen-bond donors (Lipinski definition) is 1. The van der Waals surface area contributed by atoms with Crippen molar-refractivity contribution in [1.29, 1.82) is 0 Å². The van der Waals surface area contributed by atoms with E-state index in [1.165, 1.54) is 0 Å². The van der Waals surface area contributed by atoms with Gasteiger partial charge in [-0.1, -0.05) is 0 Å². The molecule has 1 amide bonds. The lowest BCUT2D eigenvalue weighted by molar-refractivity contribution is -0.141. The van der Waals surface area contributed by atoms with Crippen LogP contribution in [-0.2, 0) is 14.3 Å². The first-order valence-corrected chi connectivity index (χ1v) is 5.18. The Morgan fingerprint density at radius 2 is 2.13 bits per heavy atom. The van der Waals surface area contributed by atoms with Crippen molar-refractivity contribution in [3.05, 3.63) is 0 Å². The normalized spacial score (nSPS) is 34.2. The summed E-state index contributed by atoms with van der Waals surface area (Å²) in [7, 11) is 1.63. The van der Waals surface area contributed by atoms with Crippen LogP contribution >= 0.6 is 0 Å². The summed E-state index contributed by atoms with van der Waals surface area (Å²) >= 11 is 0. The van der Waals surface area contributed by atoms with Crippen molar-refractivity contribution >= 4 is 11.9 Å². The Morgan fingerprint density at radius 1 is 1.40 bits per heavy atom. The Bertz CT molecular complexity index is 291. The van der Waals surface area contributed by atoms with Crippen LogP contribution in [-0.4, -0.2) is 48.2 Å². The highest BCUT2D eigenvalue weighted by Gasteiger charge is 2.50. The van der Waals surface area contributed by atoms with E-state index in [-0.39, 0.29) is 17.9 Å². The first-order chi connectivity index (χ1) is 7.13. The number of methoxy groups -OCH3 is 1. The van der Waals surface area contributed by atoms with Gasteiger partial charge in [0.2, 0.25) is 5.91 Å². The Kier molecular flexibility index (Phi) is 2.65. The van der Waals surface area contributed by atoms with Crippen LogP contribution in [0.15, 0.2) is 0 Å². The largest absolute Gasteiger partial charge is 0.481 e. The monoisotopic (exact) mass is 213 g/mol. The van der Waals surface area contributed by atoms with Crippen molar-refractivity contribution in [3.63, 3.8) is 0 Å². The standard InChI is InChI=1S/C10H15NO4/c1-15-6-2-3-11(5-6)9(12)7-4-8(7)10(13)14/h6-8H,2-5H2,1H3,(H,13,14)/t6?,7-,8+/m1/s1. The topological polar surface area (TPSA) is 66.8 Å². The minimum absolute atomic E-state index is 0.0121. The van der Waals surface area contributed by atoms with Crippen molar-refractivity contribution in [1.82, 2.24) is 4.90 Å². The quantitative estimate of drug-likeness (QED) is 0.714. The molecule has 0 bridgehead atoms. The van der Waals surface area contributed by atoms with Crippen molar-refractivity contribution in [3.8, 4) is 0 Å². The number of aliphatic carboxylic acids is 1. The molecule has 2 aliphatic rings. The van der Waals surface area contributed by atoms with Crippen LogP contribution in [0, 0.1) is 11.8 Å². The molecule has 15 heavy (non-hydrogen) atoms. The Balaban J connectivity index is 1.86. The van der Waals surface area contributed by atoms with Gasteiger partial charge < -0.3 is 14.7 Å². The SMILES string of the molecule is COC1CCN(C(=O)[C@@H]2C[C@@H]2C(=O)O)C1. The molecule has 5 heteroatoms. The molecule has 1 aliphatic heterocycles. The summed E-state index contributed by atoms with van der Waals surface area (Å²) in [4.78, 5) is 24.1. The average molecular weight is 213 g/mol. The summed E-state index contributed by atoms with van der Waals surface area (Å²) in [5.41, 5.74) is 0. The fourth-order valence-corrected chi connectivity index (χ4v) is 2.10. The number of rotatable bonds is 3. The molecule has 84 valence electrons. The molecule has 0 aromatic rings. The molecule has 1 heterocycles. The van der Waals surface area contributed by atoms with Crippen LogP contribution in [0.3, 0.4) is 0 Å². The highest BCUT2D eigenvalue weighted by molar-refractivity contribution is 5.89. The average Bonchev–Trinajstić information content (AvgIpc) is 2.88. The molecule has 2 fully saturated rings. The highest BCUT2D eigenvalue weighted by Crippen LogP contribution is 2.40. The summed E-state index contributed by atoms with van der Waals surface area (Å²) in [5, 5.41) is 8.72. The second kappa shape index (κ2) is 3.81. The molecule has 0 aromatic carbocycles. The highest BCUT2D eigenvalue weighted by atomic mass is 16.5. The fourth-order valence-electron chi connectivity index (χ4n) is 2.10. The van der Waals surface area contributed by atoms with Crippen LogP contribution < -0.4 is 0 Å². The van der Waals surface area contributed by atoms with E-state index in [0.717, 1.165) is 6.42 Å². The zero-order valence-electron chi connectivity index (χ0n) is 8.68. The van der Waals surface area contributed by atoms with E-state index < -0.39 is 11.9 Å². The summed E-state index contributed by atoms with van der Waals surface area (Å²) < 4.78 is 5.16. The van der Waals surface area contributed by atoms with E-state index in [1.807, 2.05) is 0 Å². The molecule has 1 saturated carbocycles. The first kappa shape index (κ1) is 10.4. The van der Waals surface area contributed by atoms with Gasteiger partial charge in [-0.2, -0.15) is 0 Å². The van der Waals surface area contributed by atoms with Crippen molar-refractivity contribution < 1.29 is 19.4 Å². The van der Waals surface area contributed by atoms with Crippen molar-refractivity contribution in [2.45, 2.75) is 18.9 Å².